The first-order valence-corrected chi connectivity index (χ1v) is 11.5. The second-order valence-electron chi connectivity index (χ2n) is 9.57. The Kier molecular flexibility index (Phi) is 6.68. The van der Waals surface area contributed by atoms with Gasteiger partial charge in [-0.15, -0.1) is 10.2 Å². The zero-order valence-corrected chi connectivity index (χ0v) is 20.0. The Balaban J connectivity index is 1.32. The van der Waals surface area contributed by atoms with E-state index in [0.29, 0.717) is 43.3 Å². The summed E-state index contributed by atoms with van der Waals surface area (Å²) < 4.78 is 11.3. The minimum Gasteiger partial charge on any atom is -0.444 e. The summed E-state index contributed by atoms with van der Waals surface area (Å²) >= 11 is 0. The standard InChI is InChI=1S/C26H30N4O4/c1-17-6-5-7-20(16-17)24-29-28-23(33-24)19-10-8-18(9-11-19)22(31)27-21-12-14-30(15-13-21)25(32)34-26(2,3)4/h5-11,16,21H,12-15H2,1-4H3,(H,27,31). The highest BCUT2D eigenvalue weighted by Gasteiger charge is 2.27. The molecule has 1 aromatic heterocycles. The number of ether oxygens (including phenoxy) is 1. The van der Waals surface area contributed by atoms with E-state index < -0.39 is 5.60 Å². The number of amides is 2. The van der Waals surface area contributed by atoms with Gasteiger partial charge in [-0.2, -0.15) is 0 Å². The van der Waals surface area contributed by atoms with Gasteiger partial charge in [0.1, 0.15) is 5.60 Å². The third-order valence-corrected chi connectivity index (χ3v) is 5.57. The lowest BCUT2D eigenvalue weighted by Gasteiger charge is -2.33. The topological polar surface area (TPSA) is 97.6 Å². The second-order valence-corrected chi connectivity index (χ2v) is 9.57. The number of aryl methyl sites for hydroxylation is 1. The normalized spacial score (nSPS) is 14.6. The smallest absolute Gasteiger partial charge is 0.410 e. The minimum atomic E-state index is -0.516. The largest absolute Gasteiger partial charge is 0.444 e. The summed E-state index contributed by atoms with van der Waals surface area (Å²) in [6.07, 6.45) is 1.07. The minimum absolute atomic E-state index is 0.0127. The monoisotopic (exact) mass is 462 g/mol. The summed E-state index contributed by atoms with van der Waals surface area (Å²) in [6.45, 7) is 8.67. The highest BCUT2D eigenvalue weighted by molar-refractivity contribution is 5.94. The molecule has 0 spiro atoms. The van der Waals surface area contributed by atoms with E-state index in [2.05, 4.69) is 15.5 Å². The number of benzene rings is 2. The average Bonchev–Trinajstić information content (AvgIpc) is 3.29. The van der Waals surface area contributed by atoms with Crippen LogP contribution in [0.5, 0.6) is 0 Å². The van der Waals surface area contributed by atoms with E-state index in [1.54, 1.807) is 29.2 Å². The van der Waals surface area contributed by atoms with Crippen molar-refractivity contribution in [2.45, 2.75) is 52.2 Å². The van der Waals surface area contributed by atoms with E-state index in [0.717, 1.165) is 16.7 Å². The predicted octanol–water partition coefficient (Wildman–Crippen LogP) is 4.84. The van der Waals surface area contributed by atoms with Gasteiger partial charge in [0.05, 0.1) is 0 Å². The Morgan fingerprint density at radius 1 is 1.00 bits per heavy atom. The van der Waals surface area contributed by atoms with Crippen LogP contribution in [0.3, 0.4) is 0 Å². The number of piperidine rings is 1. The molecule has 1 aliphatic heterocycles. The maximum atomic E-state index is 12.7. The maximum absolute atomic E-state index is 12.7. The molecule has 0 aliphatic carbocycles. The van der Waals surface area contributed by atoms with Crippen molar-refractivity contribution in [3.8, 4) is 22.9 Å². The molecule has 0 bridgehead atoms. The predicted molar refractivity (Wildman–Crippen MR) is 128 cm³/mol. The molecule has 2 amide bonds. The van der Waals surface area contributed by atoms with E-state index in [9.17, 15) is 9.59 Å². The van der Waals surface area contributed by atoms with Crippen molar-refractivity contribution in [2.24, 2.45) is 0 Å². The van der Waals surface area contributed by atoms with Gasteiger partial charge in [0, 0.05) is 35.8 Å². The van der Waals surface area contributed by atoms with Crippen molar-refractivity contribution < 1.29 is 18.7 Å². The molecule has 2 aromatic carbocycles. The van der Waals surface area contributed by atoms with Crippen molar-refractivity contribution in [3.63, 3.8) is 0 Å². The maximum Gasteiger partial charge on any atom is 0.410 e. The lowest BCUT2D eigenvalue weighted by atomic mass is 10.0. The number of aromatic nitrogens is 2. The quantitative estimate of drug-likeness (QED) is 0.596. The molecule has 1 N–H and O–H groups in total. The SMILES string of the molecule is Cc1cccc(-c2nnc(-c3ccc(C(=O)NC4CCN(C(=O)OC(C)(C)C)CC4)cc3)o2)c1. The molecule has 8 heteroatoms. The van der Waals surface area contributed by atoms with Crippen LogP contribution in [0.2, 0.25) is 0 Å². The molecule has 1 aliphatic rings. The third-order valence-electron chi connectivity index (χ3n) is 5.57. The Hall–Kier alpha value is -3.68. The van der Waals surface area contributed by atoms with E-state index in [1.807, 2.05) is 52.0 Å². The fourth-order valence-electron chi connectivity index (χ4n) is 3.80. The van der Waals surface area contributed by atoms with Crippen LogP contribution in [0.4, 0.5) is 4.79 Å². The summed E-state index contributed by atoms with van der Waals surface area (Å²) in [7, 11) is 0. The molecule has 0 saturated carbocycles. The van der Waals surface area contributed by atoms with Crippen molar-refractivity contribution >= 4 is 12.0 Å². The van der Waals surface area contributed by atoms with Crippen LogP contribution >= 0.6 is 0 Å². The van der Waals surface area contributed by atoms with Crippen molar-refractivity contribution in [3.05, 3.63) is 59.7 Å². The lowest BCUT2D eigenvalue weighted by Crippen LogP contribution is -2.47. The molecule has 2 heterocycles. The highest BCUT2D eigenvalue weighted by atomic mass is 16.6. The zero-order chi connectivity index (χ0) is 24.3. The van der Waals surface area contributed by atoms with Crippen LogP contribution in [0.1, 0.15) is 49.5 Å². The molecular formula is C26H30N4O4. The molecular weight excluding hydrogens is 432 g/mol. The van der Waals surface area contributed by atoms with Gasteiger partial charge in [-0.25, -0.2) is 4.79 Å². The number of nitrogens with one attached hydrogen (secondary N) is 1. The number of carbonyl (C=O) groups excluding carboxylic acids is 2. The number of hydrogen-bond acceptors (Lipinski definition) is 6. The van der Waals surface area contributed by atoms with Crippen molar-refractivity contribution in [1.82, 2.24) is 20.4 Å². The molecule has 0 radical (unpaired) electrons. The molecule has 8 nitrogen and oxygen atoms in total. The molecule has 1 saturated heterocycles. The fraction of sp³-hybridized carbons (Fsp3) is 0.385. The first-order chi connectivity index (χ1) is 16.2. The zero-order valence-electron chi connectivity index (χ0n) is 20.0. The van der Waals surface area contributed by atoms with Gasteiger partial charge < -0.3 is 19.4 Å². The molecule has 4 rings (SSSR count). The molecule has 34 heavy (non-hydrogen) atoms. The van der Waals surface area contributed by atoms with Crippen LogP contribution in [0.25, 0.3) is 22.9 Å². The fourth-order valence-corrected chi connectivity index (χ4v) is 3.80. The average molecular weight is 463 g/mol. The van der Waals surface area contributed by atoms with E-state index in [4.69, 9.17) is 9.15 Å². The lowest BCUT2D eigenvalue weighted by molar-refractivity contribution is 0.0199. The summed E-state index contributed by atoms with van der Waals surface area (Å²) in [5, 5.41) is 11.4. The molecule has 178 valence electrons. The second kappa shape index (κ2) is 9.67. The van der Waals surface area contributed by atoms with Gasteiger partial charge in [0.25, 0.3) is 5.91 Å². The Morgan fingerprint density at radius 3 is 2.26 bits per heavy atom. The number of rotatable bonds is 4. The molecule has 0 unspecified atom stereocenters. The summed E-state index contributed by atoms with van der Waals surface area (Å²) in [4.78, 5) is 26.6. The van der Waals surface area contributed by atoms with Crippen LogP contribution in [0.15, 0.2) is 52.9 Å². The highest BCUT2D eigenvalue weighted by Crippen LogP contribution is 2.25. The Morgan fingerprint density at radius 2 is 1.65 bits per heavy atom. The number of nitrogens with zero attached hydrogens (tertiary/aromatic N) is 3. The summed E-state index contributed by atoms with van der Waals surface area (Å²) in [6, 6.07) is 15.0. The number of hydrogen-bond donors (Lipinski definition) is 1. The number of carbonyl (C=O) groups is 2. The van der Waals surface area contributed by atoms with Gasteiger partial charge in [0.15, 0.2) is 0 Å². The van der Waals surface area contributed by atoms with Gasteiger partial charge >= 0.3 is 6.09 Å². The first kappa shape index (κ1) is 23.5. The molecule has 0 atom stereocenters. The molecule has 3 aromatic rings. The van der Waals surface area contributed by atoms with E-state index >= 15 is 0 Å². The summed E-state index contributed by atoms with van der Waals surface area (Å²) in [5.41, 5.74) is 2.76. The van der Waals surface area contributed by atoms with Crippen LogP contribution in [-0.4, -0.2) is 51.8 Å². The van der Waals surface area contributed by atoms with Crippen molar-refractivity contribution in [1.29, 1.82) is 0 Å². The van der Waals surface area contributed by atoms with Crippen LogP contribution < -0.4 is 5.32 Å². The van der Waals surface area contributed by atoms with Gasteiger partial charge in [0.2, 0.25) is 11.8 Å². The van der Waals surface area contributed by atoms with Gasteiger partial charge in [-0.05, 0) is 76.9 Å². The van der Waals surface area contributed by atoms with E-state index in [-0.39, 0.29) is 18.0 Å². The number of likely N-dealkylation sites (tertiary alicyclic amines) is 1. The van der Waals surface area contributed by atoms with Crippen LogP contribution in [0, 0.1) is 6.92 Å². The third kappa shape index (κ3) is 5.81. The Labute approximate surface area is 199 Å². The first-order valence-electron chi connectivity index (χ1n) is 11.5. The van der Waals surface area contributed by atoms with Crippen molar-refractivity contribution in [2.75, 3.05) is 13.1 Å². The van der Waals surface area contributed by atoms with E-state index in [1.165, 1.54) is 0 Å². The summed E-state index contributed by atoms with van der Waals surface area (Å²) in [5.74, 6) is 0.712. The van der Waals surface area contributed by atoms with Gasteiger partial charge in [-0.3, -0.25) is 4.79 Å². The van der Waals surface area contributed by atoms with Crippen LogP contribution in [-0.2, 0) is 4.74 Å². The van der Waals surface area contributed by atoms with Gasteiger partial charge in [-0.1, -0.05) is 17.7 Å². The molecule has 1 fully saturated rings. The Bertz CT molecular complexity index is 1160.